The third kappa shape index (κ3) is 7.41. The first-order valence-electron chi connectivity index (χ1n) is 7.08. The molecule has 0 aliphatic heterocycles. The van der Waals surface area contributed by atoms with E-state index in [0.717, 1.165) is 24.0 Å². The average Bonchev–Trinajstić information content (AvgIpc) is 2.55. The number of carbonyl (C=O) groups excluding carboxylic acids is 2. The number of carboxylic acids is 2. The van der Waals surface area contributed by atoms with Crippen LogP contribution in [0, 0.1) is 0 Å². The van der Waals surface area contributed by atoms with Gasteiger partial charge in [0.2, 0.25) is 0 Å². The molecule has 0 radical (unpaired) electrons. The van der Waals surface area contributed by atoms with E-state index in [2.05, 4.69) is 0 Å². The van der Waals surface area contributed by atoms with Gasteiger partial charge in [0.25, 0.3) is 0 Å². The fourth-order valence-corrected chi connectivity index (χ4v) is 1.84. The Balaban J connectivity index is 0.000000403. The summed E-state index contributed by atoms with van der Waals surface area (Å²) >= 11 is 0. The second kappa shape index (κ2) is 10.9. The average molecular weight is 411 g/mol. The number of carboxylic acid groups (broad SMARTS) is 2. The van der Waals surface area contributed by atoms with Gasteiger partial charge >= 0.3 is 27.3 Å². The molecule has 0 aromatic heterocycles. The van der Waals surface area contributed by atoms with Crippen LogP contribution in [0.25, 0.3) is 0 Å². The molecule has 5 heteroatoms. The smallest absolute Gasteiger partial charge is 0.545 e. The fourth-order valence-electron chi connectivity index (χ4n) is 1.84. The van der Waals surface area contributed by atoms with Crippen LogP contribution >= 0.6 is 0 Å². The topological polar surface area (TPSA) is 80.3 Å². The molecule has 0 amide bonds. The van der Waals surface area contributed by atoms with Crippen molar-refractivity contribution in [2.24, 2.45) is 0 Å². The van der Waals surface area contributed by atoms with Gasteiger partial charge in [0.1, 0.15) is 0 Å². The quantitative estimate of drug-likeness (QED) is 0.710. The molecule has 0 bridgehead atoms. The molecule has 0 saturated heterocycles. The molecule has 0 aliphatic carbocycles. The van der Waals surface area contributed by atoms with E-state index in [1.165, 1.54) is 12.1 Å². The largest absolute Gasteiger partial charge is 2.00 e. The van der Waals surface area contributed by atoms with Gasteiger partial charge in [-0.15, -0.1) is 0 Å². The van der Waals surface area contributed by atoms with E-state index in [4.69, 9.17) is 0 Å². The van der Waals surface area contributed by atoms with Crippen molar-refractivity contribution in [3.63, 3.8) is 0 Å². The number of hydrogen-bond donors (Lipinski definition) is 0. The van der Waals surface area contributed by atoms with Gasteiger partial charge in [0.15, 0.2) is 0 Å². The van der Waals surface area contributed by atoms with Gasteiger partial charge < -0.3 is 19.8 Å². The second-order valence-corrected chi connectivity index (χ2v) is 4.68. The molecule has 0 atom stereocenters. The normalized spacial score (nSPS) is 9.13. The number of aromatic carboxylic acids is 2. The molecule has 0 saturated carbocycles. The first-order chi connectivity index (χ1) is 10.5. The molecule has 4 nitrogen and oxygen atoms in total. The van der Waals surface area contributed by atoms with Crippen LogP contribution in [0.5, 0.6) is 0 Å². The molecule has 0 heterocycles. The van der Waals surface area contributed by atoms with E-state index in [1.807, 2.05) is 26.0 Å². The maximum absolute atomic E-state index is 10.4. The summed E-state index contributed by atoms with van der Waals surface area (Å²) in [7, 11) is 0. The minimum absolute atomic E-state index is 0. The van der Waals surface area contributed by atoms with Crippen LogP contribution in [0.4, 0.5) is 0 Å². The van der Waals surface area contributed by atoms with E-state index in [9.17, 15) is 19.8 Å². The van der Waals surface area contributed by atoms with Crippen LogP contribution in [0.2, 0.25) is 0 Å². The summed E-state index contributed by atoms with van der Waals surface area (Å²) in [4.78, 5) is 20.7. The number of aryl methyl sites for hydroxylation is 2. The third-order valence-electron chi connectivity index (χ3n) is 3.14. The molecular weight excluding hydrogens is 393 g/mol. The minimum Gasteiger partial charge on any atom is -0.545 e. The van der Waals surface area contributed by atoms with Crippen LogP contribution in [-0.4, -0.2) is 11.9 Å². The summed E-state index contributed by atoms with van der Waals surface area (Å²) in [6, 6.07) is 13.6. The third-order valence-corrected chi connectivity index (χ3v) is 3.14. The zero-order chi connectivity index (χ0) is 16.5. The summed E-state index contributed by atoms with van der Waals surface area (Å²) in [6.07, 6.45) is 1.70. The van der Waals surface area contributed by atoms with Gasteiger partial charge in [-0.05, 0) is 47.2 Å². The van der Waals surface area contributed by atoms with Gasteiger partial charge in [0.05, 0.1) is 11.9 Å². The van der Waals surface area contributed by atoms with Gasteiger partial charge in [-0.2, -0.15) is 0 Å². The van der Waals surface area contributed by atoms with Crippen LogP contribution < -0.4 is 10.2 Å². The van der Waals surface area contributed by atoms with Crippen molar-refractivity contribution in [3.05, 3.63) is 70.8 Å². The Morgan fingerprint density at radius 2 is 1.13 bits per heavy atom. The Morgan fingerprint density at radius 3 is 1.39 bits per heavy atom. The van der Waals surface area contributed by atoms with Crippen molar-refractivity contribution in [3.8, 4) is 0 Å². The summed E-state index contributed by atoms with van der Waals surface area (Å²) in [5.74, 6) is -2.22. The number of carbonyl (C=O) groups is 2. The molecule has 0 aliphatic rings. The zero-order valence-corrected chi connectivity index (χ0v) is 17.4. The van der Waals surface area contributed by atoms with E-state index >= 15 is 0 Å². The van der Waals surface area contributed by atoms with Crippen molar-refractivity contribution < 1.29 is 47.1 Å². The Bertz CT molecular complexity index is 595. The molecule has 2 aromatic rings. The number of rotatable bonds is 4. The van der Waals surface area contributed by atoms with E-state index in [1.54, 1.807) is 24.3 Å². The predicted octanol–water partition coefficient (Wildman–Crippen LogP) is 1.22. The minimum atomic E-state index is -1.11. The number of hydrogen-bond acceptors (Lipinski definition) is 4. The second-order valence-electron chi connectivity index (χ2n) is 4.68. The predicted molar refractivity (Wildman–Crippen MR) is 80.3 cm³/mol. The fraction of sp³-hybridized carbons (Fsp3) is 0.222. The number of benzene rings is 2. The van der Waals surface area contributed by atoms with Crippen molar-refractivity contribution in [1.82, 2.24) is 0 Å². The van der Waals surface area contributed by atoms with Crippen LogP contribution in [0.3, 0.4) is 0 Å². The van der Waals surface area contributed by atoms with Crippen LogP contribution in [-0.2, 0) is 40.1 Å². The Hall–Kier alpha value is -1.70. The summed E-state index contributed by atoms with van der Waals surface area (Å²) < 4.78 is 0. The Labute approximate surface area is 156 Å². The summed E-state index contributed by atoms with van der Waals surface area (Å²) in [5.41, 5.74) is 2.55. The molecule has 116 valence electrons. The van der Waals surface area contributed by atoms with Gasteiger partial charge in [0, 0.05) is 0 Å². The van der Waals surface area contributed by atoms with Gasteiger partial charge in [-0.25, -0.2) is 0 Å². The molecule has 0 N–H and O–H groups in total. The van der Waals surface area contributed by atoms with Crippen LogP contribution in [0.15, 0.2) is 48.5 Å². The van der Waals surface area contributed by atoms with Gasteiger partial charge in [-0.1, -0.05) is 50.2 Å². The zero-order valence-electron chi connectivity index (χ0n) is 13.4. The van der Waals surface area contributed by atoms with Crippen molar-refractivity contribution in [2.45, 2.75) is 26.7 Å². The maximum atomic E-state index is 10.4. The SMILES string of the molecule is CCc1cccc(C(=O)[O-])c1.CCc1cccc(C(=O)[O-])c1.[Cd+2]. The Morgan fingerprint density at radius 1 is 0.783 bits per heavy atom. The van der Waals surface area contributed by atoms with E-state index in [0.29, 0.717) is 0 Å². The van der Waals surface area contributed by atoms with Gasteiger partial charge in [-0.3, -0.25) is 0 Å². The Kier molecular flexibility index (Phi) is 10.1. The molecule has 2 rings (SSSR count). The first kappa shape index (κ1) is 21.3. The summed E-state index contributed by atoms with van der Waals surface area (Å²) in [6.45, 7) is 3.96. The van der Waals surface area contributed by atoms with Crippen molar-refractivity contribution >= 4 is 11.9 Å². The monoisotopic (exact) mass is 412 g/mol. The van der Waals surface area contributed by atoms with Crippen LogP contribution in [0.1, 0.15) is 45.7 Å². The first-order valence-corrected chi connectivity index (χ1v) is 7.08. The standard InChI is InChI=1S/2C9H10O2.Cd/c2*1-2-7-4-3-5-8(6-7)9(10)11;/h2*3-6H,2H2,1H3,(H,10,11);/q;;+2/p-2. The molecule has 0 spiro atoms. The molecular formula is C18H18CdO4. The van der Waals surface area contributed by atoms with Crippen molar-refractivity contribution in [1.29, 1.82) is 0 Å². The summed E-state index contributed by atoms with van der Waals surface area (Å²) in [5, 5.41) is 20.7. The van der Waals surface area contributed by atoms with E-state index < -0.39 is 11.9 Å². The molecule has 2 aromatic carbocycles. The molecule has 23 heavy (non-hydrogen) atoms. The molecule has 0 fully saturated rings. The van der Waals surface area contributed by atoms with E-state index in [-0.39, 0.29) is 38.4 Å². The van der Waals surface area contributed by atoms with Crippen molar-refractivity contribution in [2.75, 3.05) is 0 Å². The molecule has 0 unspecified atom stereocenters. The maximum Gasteiger partial charge on any atom is 2.00 e.